The molecule has 1 rings (SSSR count). The van der Waals surface area contributed by atoms with Crippen LogP contribution in [0.15, 0.2) is 18.2 Å². The minimum absolute atomic E-state index is 0. The molecule has 17 heavy (non-hydrogen) atoms. The quantitative estimate of drug-likeness (QED) is 0.626. The van der Waals surface area contributed by atoms with Gasteiger partial charge in [-0.05, 0) is 31.5 Å². The average Bonchev–Trinajstić information content (AvgIpc) is 2.25. The maximum absolute atomic E-state index is 12.9. The molecule has 0 heterocycles. The molecule has 0 spiro atoms. The number of nitrogens with zero attached hydrogens (tertiary/aromatic N) is 1. The fourth-order valence-corrected chi connectivity index (χ4v) is 1.48. The summed E-state index contributed by atoms with van der Waals surface area (Å²) >= 11 is 0. The third kappa shape index (κ3) is 4.26. The largest absolute Gasteiger partial charge is 0.330 e. The Morgan fingerprint density at radius 2 is 2.12 bits per heavy atom. The third-order valence-electron chi connectivity index (χ3n) is 2.31. The van der Waals surface area contributed by atoms with Gasteiger partial charge < -0.3 is 11.5 Å². The summed E-state index contributed by atoms with van der Waals surface area (Å²) in [6.45, 7) is 0.475. The highest BCUT2D eigenvalue weighted by Gasteiger charge is 2.19. The van der Waals surface area contributed by atoms with Gasteiger partial charge in [-0.2, -0.15) is 0 Å². The normalized spacial score (nSPS) is 11.7. The van der Waals surface area contributed by atoms with E-state index in [0.29, 0.717) is 24.9 Å². The van der Waals surface area contributed by atoms with Gasteiger partial charge in [0.05, 0.1) is 11.0 Å². The number of nitrogens with two attached hydrogens (primary N) is 2. The zero-order chi connectivity index (χ0) is 12.1. The van der Waals surface area contributed by atoms with Crippen LogP contribution in [0.4, 0.5) is 10.1 Å². The Morgan fingerprint density at radius 1 is 1.47 bits per heavy atom. The highest BCUT2D eigenvalue weighted by atomic mass is 35.5. The van der Waals surface area contributed by atoms with Gasteiger partial charge in [-0.1, -0.05) is 0 Å². The first-order valence-corrected chi connectivity index (χ1v) is 4.95. The lowest BCUT2D eigenvalue weighted by Crippen LogP contribution is -2.14. The lowest BCUT2D eigenvalue weighted by molar-refractivity contribution is -0.385. The van der Waals surface area contributed by atoms with E-state index < -0.39 is 16.8 Å². The molecule has 0 aliphatic heterocycles. The van der Waals surface area contributed by atoms with E-state index in [9.17, 15) is 14.5 Å². The molecular weight excluding hydrogens is 249 g/mol. The molecule has 0 fully saturated rings. The van der Waals surface area contributed by atoms with E-state index >= 15 is 0 Å². The van der Waals surface area contributed by atoms with Gasteiger partial charge in [-0.15, -0.1) is 12.4 Å². The number of nitro groups is 1. The van der Waals surface area contributed by atoms with Crippen molar-refractivity contribution in [3.05, 3.63) is 39.7 Å². The van der Waals surface area contributed by atoms with Gasteiger partial charge in [-0.25, -0.2) is 4.39 Å². The zero-order valence-electron chi connectivity index (χ0n) is 9.14. The van der Waals surface area contributed by atoms with Gasteiger partial charge in [-0.3, -0.25) is 10.1 Å². The molecule has 1 aromatic rings. The second kappa shape index (κ2) is 7.16. The molecule has 0 aliphatic carbocycles. The van der Waals surface area contributed by atoms with Crippen molar-refractivity contribution in [1.82, 2.24) is 0 Å². The van der Waals surface area contributed by atoms with E-state index in [4.69, 9.17) is 11.5 Å². The SMILES string of the molecule is Cl.NCCC[C@@H](N)c1ccc(F)cc1[N+](=O)[O-]. The number of nitro benzene ring substituents is 1. The standard InChI is InChI=1S/C10H14FN3O2.ClH/c11-7-3-4-8(9(13)2-1-5-12)10(6-7)14(15)16;/h3-4,6,9H,1-2,5,12-13H2;1H/t9-;/m1./s1. The van der Waals surface area contributed by atoms with E-state index in [-0.39, 0.29) is 18.1 Å². The molecule has 1 aromatic carbocycles. The van der Waals surface area contributed by atoms with E-state index in [0.717, 1.165) is 6.07 Å². The van der Waals surface area contributed by atoms with Crippen molar-refractivity contribution >= 4 is 18.1 Å². The Balaban J connectivity index is 0.00000256. The summed E-state index contributed by atoms with van der Waals surface area (Å²) in [5.41, 5.74) is 11.2. The van der Waals surface area contributed by atoms with Crippen LogP contribution in [0.1, 0.15) is 24.4 Å². The minimum Gasteiger partial charge on any atom is -0.330 e. The number of halogens is 2. The number of hydrogen-bond donors (Lipinski definition) is 2. The minimum atomic E-state index is -0.638. The molecule has 5 nitrogen and oxygen atoms in total. The van der Waals surface area contributed by atoms with Gasteiger partial charge >= 0.3 is 0 Å². The van der Waals surface area contributed by atoms with Gasteiger partial charge in [0.2, 0.25) is 0 Å². The van der Waals surface area contributed by atoms with Crippen LogP contribution in [0.2, 0.25) is 0 Å². The predicted octanol–water partition coefficient (Wildman–Crippen LogP) is 1.89. The molecule has 96 valence electrons. The van der Waals surface area contributed by atoms with Gasteiger partial charge in [0, 0.05) is 11.6 Å². The van der Waals surface area contributed by atoms with Crippen LogP contribution in [-0.2, 0) is 0 Å². The van der Waals surface area contributed by atoms with Crippen molar-refractivity contribution in [2.75, 3.05) is 6.54 Å². The van der Waals surface area contributed by atoms with E-state index in [1.54, 1.807) is 0 Å². The highest BCUT2D eigenvalue weighted by molar-refractivity contribution is 5.85. The summed E-state index contributed by atoms with van der Waals surface area (Å²) in [5, 5.41) is 10.7. The molecule has 0 aromatic heterocycles. The average molecular weight is 264 g/mol. The van der Waals surface area contributed by atoms with E-state index in [1.165, 1.54) is 12.1 Å². The molecule has 4 N–H and O–H groups in total. The predicted molar refractivity (Wildman–Crippen MR) is 65.5 cm³/mol. The summed E-state index contributed by atoms with van der Waals surface area (Å²) < 4.78 is 12.9. The maximum Gasteiger partial charge on any atom is 0.277 e. The summed E-state index contributed by atoms with van der Waals surface area (Å²) in [6, 6.07) is 2.93. The maximum atomic E-state index is 12.9. The van der Waals surface area contributed by atoms with Crippen molar-refractivity contribution in [2.45, 2.75) is 18.9 Å². The molecule has 1 atom stereocenters. The fraction of sp³-hybridized carbons (Fsp3) is 0.400. The zero-order valence-corrected chi connectivity index (χ0v) is 9.95. The molecule has 0 unspecified atom stereocenters. The summed E-state index contributed by atoms with van der Waals surface area (Å²) in [4.78, 5) is 10.1. The number of benzene rings is 1. The highest BCUT2D eigenvalue weighted by Crippen LogP contribution is 2.26. The summed E-state index contributed by atoms with van der Waals surface area (Å²) in [6.07, 6.45) is 1.22. The number of hydrogen-bond acceptors (Lipinski definition) is 4. The summed E-state index contributed by atoms with van der Waals surface area (Å²) in [5.74, 6) is -0.638. The first-order valence-electron chi connectivity index (χ1n) is 4.95. The first kappa shape index (κ1) is 15.8. The van der Waals surface area contributed by atoms with Crippen LogP contribution in [0.5, 0.6) is 0 Å². The molecular formula is C10H15ClFN3O2. The van der Waals surface area contributed by atoms with E-state index in [1.807, 2.05) is 0 Å². The molecule has 0 bridgehead atoms. The van der Waals surface area contributed by atoms with Crippen molar-refractivity contribution in [1.29, 1.82) is 0 Å². The molecule has 0 saturated heterocycles. The van der Waals surface area contributed by atoms with Crippen molar-refractivity contribution < 1.29 is 9.31 Å². The second-order valence-corrected chi connectivity index (χ2v) is 3.50. The molecule has 7 heteroatoms. The monoisotopic (exact) mass is 263 g/mol. The first-order chi connectivity index (χ1) is 7.56. The third-order valence-corrected chi connectivity index (χ3v) is 2.31. The van der Waals surface area contributed by atoms with Crippen LogP contribution < -0.4 is 11.5 Å². The Hall–Kier alpha value is -1.24. The Kier molecular flexibility index (Phi) is 6.64. The van der Waals surface area contributed by atoms with Gasteiger partial charge in [0.1, 0.15) is 5.82 Å². The summed E-state index contributed by atoms with van der Waals surface area (Å²) in [7, 11) is 0. The Morgan fingerprint density at radius 3 is 2.65 bits per heavy atom. The number of rotatable bonds is 5. The van der Waals surface area contributed by atoms with Crippen LogP contribution in [0.25, 0.3) is 0 Å². The van der Waals surface area contributed by atoms with E-state index in [2.05, 4.69) is 0 Å². The Labute approximate surface area is 105 Å². The topological polar surface area (TPSA) is 95.2 Å². The second-order valence-electron chi connectivity index (χ2n) is 3.50. The fourth-order valence-electron chi connectivity index (χ4n) is 1.48. The molecule has 0 radical (unpaired) electrons. The van der Waals surface area contributed by atoms with Crippen LogP contribution in [0, 0.1) is 15.9 Å². The van der Waals surface area contributed by atoms with Crippen LogP contribution in [-0.4, -0.2) is 11.5 Å². The van der Waals surface area contributed by atoms with Gasteiger partial charge in [0.15, 0.2) is 0 Å². The van der Waals surface area contributed by atoms with Crippen LogP contribution >= 0.6 is 12.4 Å². The van der Waals surface area contributed by atoms with Crippen molar-refractivity contribution in [2.24, 2.45) is 11.5 Å². The smallest absolute Gasteiger partial charge is 0.277 e. The Bertz CT molecular complexity index is 390. The lowest BCUT2D eigenvalue weighted by atomic mass is 10.0. The molecule has 0 saturated carbocycles. The van der Waals surface area contributed by atoms with Crippen LogP contribution in [0.3, 0.4) is 0 Å². The molecule has 0 amide bonds. The van der Waals surface area contributed by atoms with Gasteiger partial charge in [0.25, 0.3) is 5.69 Å². The van der Waals surface area contributed by atoms with Crippen molar-refractivity contribution in [3.63, 3.8) is 0 Å². The van der Waals surface area contributed by atoms with Crippen molar-refractivity contribution in [3.8, 4) is 0 Å². The lowest BCUT2D eigenvalue weighted by Gasteiger charge is -2.11. The molecule has 0 aliphatic rings.